The number of hydrogen-bond acceptors (Lipinski definition) is 4. The van der Waals surface area contributed by atoms with E-state index in [4.69, 9.17) is 9.47 Å². The number of ether oxygens (including phenoxy) is 2. The van der Waals surface area contributed by atoms with Crippen LogP contribution in [0, 0.1) is 0 Å². The molecule has 0 radical (unpaired) electrons. The van der Waals surface area contributed by atoms with Gasteiger partial charge in [0.1, 0.15) is 6.10 Å². The first kappa shape index (κ1) is 12.9. The van der Waals surface area contributed by atoms with Gasteiger partial charge in [0.15, 0.2) is 5.79 Å². The zero-order chi connectivity index (χ0) is 12.3. The van der Waals surface area contributed by atoms with Crippen LogP contribution in [-0.4, -0.2) is 35.5 Å². The highest BCUT2D eigenvalue weighted by molar-refractivity contribution is 7.99. The number of thioether (sulfide) groups is 1. The Balaban J connectivity index is 1.91. The molecule has 1 aliphatic rings. The molecule has 0 saturated carbocycles. The Kier molecular flexibility index (Phi) is 4.09. The maximum atomic E-state index is 9.25. The molecule has 1 N–H and O–H groups in total. The molecule has 2 atom stereocenters. The molecule has 94 valence electrons. The van der Waals surface area contributed by atoms with E-state index in [2.05, 4.69) is 12.1 Å². The van der Waals surface area contributed by atoms with Crippen molar-refractivity contribution >= 4 is 11.8 Å². The summed E-state index contributed by atoms with van der Waals surface area (Å²) in [5.74, 6) is 0.202. The highest BCUT2D eigenvalue weighted by Crippen LogP contribution is 2.31. The van der Waals surface area contributed by atoms with Crippen LogP contribution in [0.4, 0.5) is 0 Å². The summed E-state index contributed by atoms with van der Waals surface area (Å²) in [6.45, 7) is 3.76. The molecule has 0 aliphatic carbocycles. The second-order valence-corrected chi connectivity index (χ2v) is 5.61. The van der Waals surface area contributed by atoms with Crippen LogP contribution in [0.5, 0.6) is 0 Å². The Morgan fingerprint density at radius 1 is 1.18 bits per heavy atom. The SMILES string of the molecule is CC1(C)OC(CO)C(CSc2ccccc2)O1. The number of hydrogen-bond donors (Lipinski definition) is 1. The highest BCUT2D eigenvalue weighted by Gasteiger charge is 2.40. The Hall–Kier alpha value is -0.550. The molecule has 17 heavy (non-hydrogen) atoms. The lowest BCUT2D eigenvalue weighted by Gasteiger charge is -2.16. The molecule has 1 fully saturated rings. The van der Waals surface area contributed by atoms with Gasteiger partial charge in [-0.05, 0) is 26.0 Å². The molecule has 2 rings (SSSR count). The lowest BCUT2D eigenvalue weighted by molar-refractivity contribution is -0.147. The van der Waals surface area contributed by atoms with Gasteiger partial charge in [-0.2, -0.15) is 0 Å². The van der Waals surface area contributed by atoms with Crippen molar-refractivity contribution in [2.75, 3.05) is 12.4 Å². The van der Waals surface area contributed by atoms with Gasteiger partial charge in [0.2, 0.25) is 0 Å². The molecule has 0 amide bonds. The Bertz CT molecular complexity index is 353. The second-order valence-electron chi connectivity index (χ2n) is 4.52. The molecule has 0 spiro atoms. The molecule has 1 heterocycles. The third kappa shape index (κ3) is 3.45. The van der Waals surface area contributed by atoms with Gasteiger partial charge in [0.25, 0.3) is 0 Å². The summed E-state index contributed by atoms with van der Waals surface area (Å²) < 4.78 is 11.4. The Morgan fingerprint density at radius 3 is 2.47 bits per heavy atom. The van der Waals surface area contributed by atoms with Crippen molar-refractivity contribution in [1.82, 2.24) is 0 Å². The molecule has 2 unspecified atom stereocenters. The molecule has 1 saturated heterocycles. The monoisotopic (exact) mass is 254 g/mol. The van der Waals surface area contributed by atoms with Crippen LogP contribution < -0.4 is 0 Å². The van der Waals surface area contributed by atoms with E-state index in [-0.39, 0.29) is 18.8 Å². The summed E-state index contributed by atoms with van der Waals surface area (Å²) in [5.41, 5.74) is 0. The smallest absolute Gasteiger partial charge is 0.163 e. The fraction of sp³-hybridized carbons (Fsp3) is 0.538. The van der Waals surface area contributed by atoms with Crippen LogP contribution in [-0.2, 0) is 9.47 Å². The summed E-state index contributed by atoms with van der Waals surface area (Å²) >= 11 is 1.72. The molecule has 1 aromatic carbocycles. The Morgan fingerprint density at radius 2 is 1.82 bits per heavy atom. The van der Waals surface area contributed by atoms with Gasteiger partial charge in [-0.25, -0.2) is 0 Å². The van der Waals surface area contributed by atoms with Gasteiger partial charge in [-0.1, -0.05) is 18.2 Å². The van der Waals surface area contributed by atoms with Crippen LogP contribution >= 0.6 is 11.8 Å². The van der Waals surface area contributed by atoms with E-state index < -0.39 is 5.79 Å². The van der Waals surface area contributed by atoms with E-state index in [0.29, 0.717) is 0 Å². The maximum Gasteiger partial charge on any atom is 0.163 e. The van der Waals surface area contributed by atoms with Crippen LogP contribution in [0.2, 0.25) is 0 Å². The zero-order valence-electron chi connectivity index (χ0n) is 10.1. The number of rotatable bonds is 4. The molecule has 1 aromatic rings. The molecule has 4 heteroatoms. The van der Waals surface area contributed by atoms with Crippen molar-refractivity contribution in [1.29, 1.82) is 0 Å². The lowest BCUT2D eigenvalue weighted by atomic mass is 10.2. The van der Waals surface area contributed by atoms with Crippen molar-refractivity contribution in [2.45, 2.75) is 36.7 Å². The third-order valence-corrected chi connectivity index (χ3v) is 3.72. The minimum Gasteiger partial charge on any atom is -0.394 e. The molecule has 0 bridgehead atoms. The molecular weight excluding hydrogens is 236 g/mol. The summed E-state index contributed by atoms with van der Waals surface area (Å²) in [6.07, 6.45) is -0.276. The minimum atomic E-state index is -0.588. The van der Waals surface area contributed by atoms with Gasteiger partial charge >= 0.3 is 0 Å². The van der Waals surface area contributed by atoms with E-state index in [1.54, 1.807) is 11.8 Å². The average molecular weight is 254 g/mol. The van der Waals surface area contributed by atoms with Gasteiger partial charge < -0.3 is 14.6 Å². The van der Waals surface area contributed by atoms with Gasteiger partial charge in [-0.3, -0.25) is 0 Å². The quantitative estimate of drug-likeness (QED) is 0.837. The van der Waals surface area contributed by atoms with E-state index in [0.717, 1.165) is 5.75 Å². The van der Waals surface area contributed by atoms with Crippen molar-refractivity contribution in [3.63, 3.8) is 0 Å². The van der Waals surface area contributed by atoms with E-state index >= 15 is 0 Å². The first-order valence-corrected chi connectivity index (χ1v) is 6.73. The minimum absolute atomic E-state index is 0.00342. The third-order valence-electron chi connectivity index (χ3n) is 2.62. The number of benzene rings is 1. The maximum absolute atomic E-state index is 9.25. The van der Waals surface area contributed by atoms with Crippen molar-refractivity contribution < 1.29 is 14.6 Å². The highest BCUT2D eigenvalue weighted by atomic mass is 32.2. The lowest BCUT2D eigenvalue weighted by Crippen LogP contribution is -2.28. The predicted octanol–water partition coefficient (Wildman–Crippen LogP) is 2.29. The first-order valence-electron chi connectivity index (χ1n) is 5.75. The molecule has 3 nitrogen and oxygen atoms in total. The van der Waals surface area contributed by atoms with E-state index in [1.165, 1.54) is 4.90 Å². The summed E-state index contributed by atoms with van der Waals surface area (Å²) in [7, 11) is 0. The van der Waals surface area contributed by atoms with Gasteiger partial charge in [0.05, 0.1) is 12.7 Å². The fourth-order valence-electron chi connectivity index (χ4n) is 1.90. The number of aliphatic hydroxyl groups excluding tert-OH is 1. The predicted molar refractivity (Wildman–Crippen MR) is 68.1 cm³/mol. The zero-order valence-corrected chi connectivity index (χ0v) is 10.9. The van der Waals surface area contributed by atoms with Crippen LogP contribution in [0.15, 0.2) is 35.2 Å². The molecule has 1 aliphatic heterocycles. The van der Waals surface area contributed by atoms with Crippen LogP contribution in [0.3, 0.4) is 0 Å². The standard InChI is InChI=1S/C13H18O3S/c1-13(2)15-11(8-14)12(16-13)9-17-10-6-4-3-5-7-10/h3-7,11-12,14H,8-9H2,1-2H3. The average Bonchev–Trinajstić information content (AvgIpc) is 2.63. The Labute approximate surface area is 106 Å². The topological polar surface area (TPSA) is 38.7 Å². The van der Waals surface area contributed by atoms with Crippen molar-refractivity contribution in [3.8, 4) is 0 Å². The van der Waals surface area contributed by atoms with E-state index in [9.17, 15) is 5.11 Å². The second kappa shape index (κ2) is 5.40. The molecule has 0 aromatic heterocycles. The van der Waals surface area contributed by atoms with Crippen LogP contribution in [0.1, 0.15) is 13.8 Å². The van der Waals surface area contributed by atoms with Crippen molar-refractivity contribution in [3.05, 3.63) is 30.3 Å². The fourth-order valence-corrected chi connectivity index (χ4v) is 2.89. The first-order chi connectivity index (χ1) is 8.11. The summed E-state index contributed by atoms with van der Waals surface area (Å²) in [5, 5.41) is 9.25. The van der Waals surface area contributed by atoms with E-state index in [1.807, 2.05) is 32.0 Å². The van der Waals surface area contributed by atoms with Crippen LogP contribution in [0.25, 0.3) is 0 Å². The van der Waals surface area contributed by atoms with Crippen molar-refractivity contribution in [2.24, 2.45) is 0 Å². The van der Waals surface area contributed by atoms with Gasteiger partial charge in [-0.15, -0.1) is 11.8 Å². The summed E-state index contributed by atoms with van der Waals surface area (Å²) in [6, 6.07) is 10.2. The number of aliphatic hydroxyl groups is 1. The summed E-state index contributed by atoms with van der Waals surface area (Å²) in [4.78, 5) is 1.21. The normalized spacial score (nSPS) is 27.2. The van der Waals surface area contributed by atoms with Gasteiger partial charge in [0, 0.05) is 10.6 Å². The molecular formula is C13H18O3S. The largest absolute Gasteiger partial charge is 0.394 e.